The van der Waals surface area contributed by atoms with Gasteiger partial charge in [0.2, 0.25) is 5.91 Å². The van der Waals surface area contributed by atoms with Crippen molar-refractivity contribution in [3.8, 4) is 0 Å². The Kier molecular flexibility index (Phi) is 4.61. The molecule has 5 nitrogen and oxygen atoms in total. The summed E-state index contributed by atoms with van der Waals surface area (Å²) in [4.78, 5) is 25.7. The standard InChI is InChI=1S/C15H21N3O2/c1-3-18(10-14(19)16-2)15(20)12-6-4-8-13-11(12)7-5-9-17-13/h4,6,8,17H,3,5,7,9-10H2,1-2H3,(H,16,19). The van der Waals surface area contributed by atoms with Gasteiger partial charge in [-0.2, -0.15) is 0 Å². The number of benzene rings is 1. The normalized spacial score (nSPS) is 13.1. The summed E-state index contributed by atoms with van der Waals surface area (Å²) < 4.78 is 0. The van der Waals surface area contributed by atoms with Gasteiger partial charge in [-0.05, 0) is 37.5 Å². The minimum atomic E-state index is -0.150. The molecular formula is C15H21N3O2. The zero-order valence-corrected chi connectivity index (χ0v) is 12.0. The predicted molar refractivity (Wildman–Crippen MR) is 78.9 cm³/mol. The third-order valence-corrected chi connectivity index (χ3v) is 3.61. The summed E-state index contributed by atoms with van der Waals surface area (Å²) in [5.41, 5.74) is 2.82. The van der Waals surface area contributed by atoms with E-state index in [2.05, 4.69) is 10.6 Å². The van der Waals surface area contributed by atoms with Crippen LogP contribution in [0, 0.1) is 0 Å². The molecule has 0 aliphatic carbocycles. The lowest BCUT2D eigenvalue weighted by atomic mass is 9.97. The second-order valence-corrected chi connectivity index (χ2v) is 4.85. The van der Waals surface area contributed by atoms with Crippen molar-refractivity contribution in [3.05, 3.63) is 29.3 Å². The van der Waals surface area contributed by atoms with Crippen LogP contribution in [0.5, 0.6) is 0 Å². The van der Waals surface area contributed by atoms with Crippen molar-refractivity contribution in [2.45, 2.75) is 19.8 Å². The molecule has 108 valence electrons. The van der Waals surface area contributed by atoms with Crippen LogP contribution in [0.3, 0.4) is 0 Å². The fourth-order valence-corrected chi connectivity index (χ4v) is 2.46. The number of anilines is 1. The van der Waals surface area contributed by atoms with Crippen molar-refractivity contribution < 1.29 is 9.59 Å². The molecule has 0 saturated carbocycles. The first-order chi connectivity index (χ1) is 9.67. The quantitative estimate of drug-likeness (QED) is 0.869. The maximum absolute atomic E-state index is 12.6. The largest absolute Gasteiger partial charge is 0.385 e. The van der Waals surface area contributed by atoms with Crippen LogP contribution in [0.1, 0.15) is 29.3 Å². The van der Waals surface area contributed by atoms with Gasteiger partial charge in [0.25, 0.3) is 5.91 Å². The molecule has 2 rings (SSSR count). The van der Waals surface area contributed by atoms with E-state index in [9.17, 15) is 9.59 Å². The summed E-state index contributed by atoms with van der Waals surface area (Å²) in [5.74, 6) is -0.222. The van der Waals surface area contributed by atoms with Crippen molar-refractivity contribution >= 4 is 17.5 Å². The van der Waals surface area contributed by atoms with Crippen LogP contribution in [0.25, 0.3) is 0 Å². The number of hydrogen-bond donors (Lipinski definition) is 2. The van der Waals surface area contributed by atoms with Gasteiger partial charge in [0.1, 0.15) is 0 Å². The first-order valence-electron chi connectivity index (χ1n) is 7.03. The van der Waals surface area contributed by atoms with Crippen LogP contribution < -0.4 is 10.6 Å². The van der Waals surface area contributed by atoms with Gasteiger partial charge in [-0.15, -0.1) is 0 Å². The highest BCUT2D eigenvalue weighted by molar-refractivity contribution is 5.99. The molecule has 1 heterocycles. The zero-order valence-electron chi connectivity index (χ0n) is 12.0. The summed E-state index contributed by atoms with van der Waals surface area (Å²) in [5, 5.41) is 5.87. The second-order valence-electron chi connectivity index (χ2n) is 4.85. The van der Waals surface area contributed by atoms with Crippen molar-refractivity contribution in [2.75, 3.05) is 32.0 Å². The number of nitrogens with one attached hydrogen (secondary N) is 2. The first-order valence-corrected chi connectivity index (χ1v) is 7.03. The molecule has 0 fully saturated rings. The molecule has 0 atom stereocenters. The van der Waals surface area contributed by atoms with E-state index in [1.54, 1.807) is 11.9 Å². The van der Waals surface area contributed by atoms with Crippen LogP contribution in [0.4, 0.5) is 5.69 Å². The van der Waals surface area contributed by atoms with E-state index in [1.165, 1.54) is 0 Å². The third-order valence-electron chi connectivity index (χ3n) is 3.61. The van der Waals surface area contributed by atoms with Gasteiger partial charge in [0, 0.05) is 31.4 Å². The molecule has 1 aliphatic heterocycles. The molecule has 1 aromatic rings. The van der Waals surface area contributed by atoms with E-state index in [-0.39, 0.29) is 18.4 Å². The van der Waals surface area contributed by atoms with E-state index >= 15 is 0 Å². The number of carbonyl (C=O) groups is 2. The fraction of sp³-hybridized carbons (Fsp3) is 0.467. The number of carbonyl (C=O) groups excluding carboxylic acids is 2. The average molecular weight is 275 g/mol. The molecule has 0 spiro atoms. The molecular weight excluding hydrogens is 254 g/mol. The molecule has 0 radical (unpaired) electrons. The Morgan fingerprint density at radius 3 is 2.90 bits per heavy atom. The van der Waals surface area contributed by atoms with Crippen LogP contribution >= 0.6 is 0 Å². The minimum Gasteiger partial charge on any atom is -0.385 e. The number of amides is 2. The zero-order chi connectivity index (χ0) is 14.5. The number of fused-ring (bicyclic) bond motifs is 1. The maximum Gasteiger partial charge on any atom is 0.254 e. The maximum atomic E-state index is 12.6. The van der Waals surface area contributed by atoms with Crippen molar-refractivity contribution in [3.63, 3.8) is 0 Å². The molecule has 0 unspecified atom stereocenters. The van der Waals surface area contributed by atoms with Gasteiger partial charge >= 0.3 is 0 Å². The SMILES string of the molecule is CCN(CC(=O)NC)C(=O)c1cccc2c1CCCN2. The molecule has 0 saturated heterocycles. The topological polar surface area (TPSA) is 61.4 Å². The Morgan fingerprint density at radius 1 is 1.40 bits per heavy atom. The van der Waals surface area contributed by atoms with Crippen LogP contribution in [0.15, 0.2) is 18.2 Å². The molecule has 1 aliphatic rings. The second kappa shape index (κ2) is 6.41. The Hall–Kier alpha value is -2.04. The summed E-state index contributed by atoms with van der Waals surface area (Å²) >= 11 is 0. The highest BCUT2D eigenvalue weighted by Crippen LogP contribution is 2.26. The van der Waals surface area contributed by atoms with E-state index in [0.717, 1.165) is 30.6 Å². The highest BCUT2D eigenvalue weighted by Gasteiger charge is 2.22. The molecule has 2 N–H and O–H groups in total. The van der Waals surface area contributed by atoms with E-state index < -0.39 is 0 Å². The molecule has 20 heavy (non-hydrogen) atoms. The van der Waals surface area contributed by atoms with Crippen LogP contribution in [0.2, 0.25) is 0 Å². The number of hydrogen-bond acceptors (Lipinski definition) is 3. The summed E-state index contributed by atoms with van der Waals surface area (Å²) in [6.45, 7) is 3.45. The average Bonchev–Trinajstić information content (AvgIpc) is 2.51. The Balaban J connectivity index is 2.25. The Morgan fingerprint density at radius 2 is 2.20 bits per heavy atom. The van der Waals surface area contributed by atoms with Gasteiger partial charge in [0.05, 0.1) is 6.54 Å². The molecule has 2 amide bonds. The van der Waals surface area contributed by atoms with Gasteiger partial charge in [-0.1, -0.05) is 6.07 Å². The van der Waals surface area contributed by atoms with Crippen molar-refractivity contribution in [2.24, 2.45) is 0 Å². The summed E-state index contributed by atoms with van der Waals surface area (Å²) in [6, 6.07) is 5.74. The lowest BCUT2D eigenvalue weighted by molar-refractivity contribution is -0.121. The lowest BCUT2D eigenvalue weighted by Gasteiger charge is -2.25. The smallest absolute Gasteiger partial charge is 0.254 e. The van der Waals surface area contributed by atoms with E-state index in [4.69, 9.17) is 0 Å². The third kappa shape index (κ3) is 2.92. The number of likely N-dealkylation sites (N-methyl/N-ethyl adjacent to an activating group) is 2. The van der Waals surface area contributed by atoms with E-state index in [1.807, 2.05) is 25.1 Å². The van der Waals surface area contributed by atoms with Gasteiger partial charge < -0.3 is 15.5 Å². The summed E-state index contributed by atoms with van der Waals surface area (Å²) in [7, 11) is 1.58. The summed E-state index contributed by atoms with van der Waals surface area (Å²) in [6.07, 6.45) is 1.93. The highest BCUT2D eigenvalue weighted by atomic mass is 16.2. The number of rotatable bonds is 4. The fourth-order valence-electron chi connectivity index (χ4n) is 2.46. The molecule has 0 bridgehead atoms. The molecule has 1 aromatic carbocycles. The van der Waals surface area contributed by atoms with Gasteiger partial charge in [-0.3, -0.25) is 9.59 Å². The van der Waals surface area contributed by atoms with Crippen LogP contribution in [-0.2, 0) is 11.2 Å². The number of nitrogens with zero attached hydrogens (tertiary/aromatic N) is 1. The lowest BCUT2D eigenvalue weighted by Crippen LogP contribution is -2.40. The Bertz CT molecular complexity index is 514. The Labute approximate surface area is 119 Å². The molecule has 0 aromatic heterocycles. The van der Waals surface area contributed by atoms with Crippen molar-refractivity contribution in [1.82, 2.24) is 10.2 Å². The van der Waals surface area contributed by atoms with E-state index in [0.29, 0.717) is 12.1 Å². The van der Waals surface area contributed by atoms with Gasteiger partial charge in [-0.25, -0.2) is 0 Å². The van der Waals surface area contributed by atoms with Crippen LogP contribution in [-0.4, -0.2) is 43.4 Å². The predicted octanol–water partition coefficient (Wildman–Crippen LogP) is 1.25. The monoisotopic (exact) mass is 275 g/mol. The van der Waals surface area contributed by atoms with Gasteiger partial charge in [0.15, 0.2) is 0 Å². The first kappa shape index (κ1) is 14.4. The van der Waals surface area contributed by atoms with Crippen molar-refractivity contribution in [1.29, 1.82) is 0 Å². The minimum absolute atomic E-state index is 0.0725. The molecule has 5 heteroatoms.